The lowest BCUT2D eigenvalue weighted by atomic mass is 10.1. The van der Waals surface area contributed by atoms with Gasteiger partial charge in [-0.1, -0.05) is 6.92 Å². The first-order valence-corrected chi connectivity index (χ1v) is 6.82. The highest BCUT2D eigenvalue weighted by Gasteiger charge is 2.27. The van der Waals surface area contributed by atoms with E-state index in [4.69, 9.17) is 0 Å². The summed E-state index contributed by atoms with van der Waals surface area (Å²) in [6.45, 7) is 4.82. The molecule has 0 aliphatic heterocycles. The highest BCUT2D eigenvalue weighted by Crippen LogP contribution is 2.38. The number of H-pyrrole nitrogens is 1. The van der Waals surface area contributed by atoms with Crippen LogP contribution in [0.2, 0.25) is 0 Å². The van der Waals surface area contributed by atoms with Crippen molar-refractivity contribution < 1.29 is 0 Å². The summed E-state index contributed by atoms with van der Waals surface area (Å²) in [6, 6.07) is 0. The number of aromatic amines is 1. The Morgan fingerprint density at radius 3 is 2.95 bits per heavy atom. The fraction of sp³-hybridized carbons (Fsp3) is 0.500. The molecule has 0 aromatic carbocycles. The zero-order valence-corrected chi connectivity index (χ0v) is 11.3. The molecule has 5 nitrogen and oxygen atoms in total. The number of aromatic nitrogens is 4. The molecule has 0 bridgehead atoms. The van der Waals surface area contributed by atoms with Crippen molar-refractivity contribution >= 4 is 0 Å². The van der Waals surface area contributed by atoms with Crippen LogP contribution >= 0.6 is 0 Å². The average Bonchev–Trinajstić information content (AvgIpc) is 3.14. The minimum absolute atomic E-state index is 0.0323. The van der Waals surface area contributed by atoms with Crippen LogP contribution in [-0.2, 0) is 6.54 Å². The van der Waals surface area contributed by atoms with E-state index in [0.29, 0.717) is 11.5 Å². The molecule has 0 unspecified atom stereocenters. The lowest BCUT2D eigenvalue weighted by molar-refractivity contribution is 0.603. The topological polar surface area (TPSA) is 63.6 Å². The zero-order valence-electron chi connectivity index (χ0n) is 11.3. The van der Waals surface area contributed by atoms with Crippen molar-refractivity contribution in [2.24, 2.45) is 0 Å². The molecule has 3 rings (SSSR count). The van der Waals surface area contributed by atoms with Crippen molar-refractivity contribution in [3.63, 3.8) is 0 Å². The van der Waals surface area contributed by atoms with Gasteiger partial charge in [0.25, 0.3) is 5.56 Å². The normalized spacial score (nSPS) is 14.8. The lowest BCUT2D eigenvalue weighted by Gasteiger charge is -2.05. The van der Waals surface area contributed by atoms with Crippen LogP contribution in [0.3, 0.4) is 0 Å². The van der Waals surface area contributed by atoms with Crippen molar-refractivity contribution in [1.29, 1.82) is 0 Å². The molecular weight excluding hydrogens is 240 g/mol. The summed E-state index contributed by atoms with van der Waals surface area (Å²) in [6.07, 6.45) is 7.05. The van der Waals surface area contributed by atoms with Gasteiger partial charge in [0.05, 0.1) is 11.9 Å². The molecule has 1 N–H and O–H groups in total. The summed E-state index contributed by atoms with van der Waals surface area (Å²) in [5.41, 5.74) is 2.34. The first-order valence-electron chi connectivity index (χ1n) is 6.82. The second-order valence-corrected chi connectivity index (χ2v) is 5.19. The van der Waals surface area contributed by atoms with Crippen LogP contribution < -0.4 is 5.56 Å². The zero-order chi connectivity index (χ0) is 13.4. The van der Waals surface area contributed by atoms with Gasteiger partial charge in [-0.25, -0.2) is 4.98 Å². The Morgan fingerprint density at radius 2 is 2.26 bits per heavy atom. The molecule has 0 radical (unpaired) electrons. The van der Waals surface area contributed by atoms with E-state index < -0.39 is 0 Å². The number of rotatable bonds is 4. The number of hydrogen-bond donors (Lipinski definition) is 1. The second kappa shape index (κ2) is 4.64. The number of aryl methyl sites for hydroxylation is 1. The van der Waals surface area contributed by atoms with Gasteiger partial charge in [0.1, 0.15) is 5.82 Å². The minimum atomic E-state index is -0.0323. The van der Waals surface area contributed by atoms with Gasteiger partial charge in [-0.05, 0) is 26.2 Å². The molecule has 100 valence electrons. The fourth-order valence-corrected chi connectivity index (χ4v) is 2.22. The van der Waals surface area contributed by atoms with Crippen LogP contribution in [0.25, 0.3) is 11.3 Å². The van der Waals surface area contributed by atoms with Gasteiger partial charge in [-0.3, -0.25) is 9.48 Å². The first-order chi connectivity index (χ1) is 9.19. The Morgan fingerprint density at radius 1 is 1.47 bits per heavy atom. The van der Waals surface area contributed by atoms with E-state index >= 15 is 0 Å². The Labute approximate surface area is 111 Å². The minimum Gasteiger partial charge on any atom is -0.310 e. The standard InChI is InChI=1S/C14H18N4O/c1-3-6-18-8-11(7-15-18)12-9(2)14(19)17-13(16-12)10-4-5-10/h7-8,10H,3-6H2,1-2H3,(H,16,17,19). The molecule has 0 spiro atoms. The monoisotopic (exact) mass is 258 g/mol. The Hall–Kier alpha value is -1.91. The summed E-state index contributed by atoms with van der Waals surface area (Å²) in [7, 11) is 0. The molecule has 2 heterocycles. The average molecular weight is 258 g/mol. The predicted molar refractivity (Wildman–Crippen MR) is 73.1 cm³/mol. The molecular formula is C14H18N4O. The van der Waals surface area contributed by atoms with Gasteiger partial charge in [-0.15, -0.1) is 0 Å². The first kappa shape index (κ1) is 12.1. The third-order valence-electron chi connectivity index (χ3n) is 3.49. The molecule has 1 aliphatic carbocycles. The number of nitrogens with zero attached hydrogens (tertiary/aromatic N) is 3. The molecule has 2 aromatic heterocycles. The quantitative estimate of drug-likeness (QED) is 0.914. The molecule has 1 aliphatic rings. The molecule has 2 aromatic rings. The Bertz CT molecular complexity index is 652. The lowest BCUT2D eigenvalue weighted by Crippen LogP contribution is -2.15. The largest absolute Gasteiger partial charge is 0.310 e. The van der Waals surface area contributed by atoms with Crippen LogP contribution in [0.15, 0.2) is 17.2 Å². The van der Waals surface area contributed by atoms with E-state index in [9.17, 15) is 4.79 Å². The molecule has 0 saturated heterocycles. The fourth-order valence-electron chi connectivity index (χ4n) is 2.22. The Balaban J connectivity index is 2.04. The van der Waals surface area contributed by atoms with Crippen LogP contribution in [0.1, 0.15) is 43.5 Å². The smallest absolute Gasteiger partial charge is 0.254 e. The van der Waals surface area contributed by atoms with Crippen LogP contribution in [0.5, 0.6) is 0 Å². The maximum absolute atomic E-state index is 12.0. The van der Waals surface area contributed by atoms with E-state index in [1.165, 1.54) is 0 Å². The predicted octanol–water partition coefficient (Wildman–Crippen LogP) is 2.23. The van der Waals surface area contributed by atoms with E-state index in [0.717, 1.165) is 42.9 Å². The molecule has 5 heteroatoms. The second-order valence-electron chi connectivity index (χ2n) is 5.19. The molecule has 1 saturated carbocycles. The van der Waals surface area contributed by atoms with E-state index in [2.05, 4.69) is 22.0 Å². The maximum atomic E-state index is 12.0. The van der Waals surface area contributed by atoms with Gasteiger partial charge in [0.15, 0.2) is 0 Å². The Kier molecular flexibility index (Phi) is 2.97. The highest BCUT2D eigenvalue weighted by atomic mass is 16.1. The van der Waals surface area contributed by atoms with Crippen molar-refractivity contribution in [3.05, 3.63) is 34.1 Å². The van der Waals surface area contributed by atoms with Crippen molar-refractivity contribution in [2.45, 2.75) is 45.6 Å². The number of hydrogen-bond acceptors (Lipinski definition) is 3. The van der Waals surface area contributed by atoms with Gasteiger partial charge in [0.2, 0.25) is 0 Å². The maximum Gasteiger partial charge on any atom is 0.254 e. The van der Waals surface area contributed by atoms with Crippen molar-refractivity contribution in [3.8, 4) is 11.3 Å². The molecule has 19 heavy (non-hydrogen) atoms. The summed E-state index contributed by atoms with van der Waals surface area (Å²) >= 11 is 0. The van der Waals surface area contributed by atoms with E-state index in [1.807, 2.05) is 17.8 Å². The highest BCUT2D eigenvalue weighted by molar-refractivity contribution is 5.60. The summed E-state index contributed by atoms with van der Waals surface area (Å²) in [5.74, 6) is 1.27. The van der Waals surface area contributed by atoms with Gasteiger partial charge in [-0.2, -0.15) is 5.10 Å². The van der Waals surface area contributed by atoms with Crippen molar-refractivity contribution in [2.75, 3.05) is 0 Å². The van der Waals surface area contributed by atoms with Gasteiger partial charge >= 0.3 is 0 Å². The summed E-state index contributed by atoms with van der Waals surface area (Å²) in [5, 5.41) is 4.31. The van der Waals surface area contributed by atoms with Crippen LogP contribution in [0, 0.1) is 6.92 Å². The SMILES string of the molecule is CCCn1cc(-c2nc(C3CC3)[nH]c(=O)c2C)cn1. The summed E-state index contributed by atoms with van der Waals surface area (Å²) < 4.78 is 1.90. The van der Waals surface area contributed by atoms with E-state index in [-0.39, 0.29) is 5.56 Å². The third-order valence-corrected chi connectivity index (χ3v) is 3.49. The van der Waals surface area contributed by atoms with Crippen LogP contribution in [-0.4, -0.2) is 19.7 Å². The van der Waals surface area contributed by atoms with Gasteiger partial charge < -0.3 is 4.98 Å². The number of nitrogens with one attached hydrogen (secondary N) is 1. The van der Waals surface area contributed by atoms with Gasteiger partial charge in [0, 0.05) is 29.8 Å². The van der Waals surface area contributed by atoms with E-state index in [1.54, 1.807) is 6.20 Å². The molecule has 1 fully saturated rings. The molecule has 0 atom stereocenters. The van der Waals surface area contributed by atoms with Crippen LogP contribution in [0.4, 0.5) is 0 Å². The van der Waals surface area contributed by atoms with Crippen molar-refractivity contribution in [1.82, 2.24) is 19.7 Å². The summed E-state index contributed by atoms with van der Waals surface area (Å²) in [4.78, 5) is 19.5. The third kappa shape index (κ3) is 2.32. The molecule has 0 amide bonds.